The highest BCUT2D eigenvalue weighted by atomic mass is 16.3. The van der Waals surface area contributed by atoms with Crippen LogP contribution in [0.4, 0.5) is 0 Å². The van der Waals surface area contributed by atoms with Crippen LogP contribution in [-0.2, 0) is 11.3 Å². The van der Waals surface area contributed by atoms with E-state index in [0.29, 0.717) is 19.0 Å². The molecule has 1 aromatic heterocycles. The van der Waals surface area contributed by atoms with Gasteiger partial charge in [0.2, 0.25) is 5.91 Å². The number of carbonyl (C=O) groups is 1. The molecule has 2 aliphatic rings. The maximum atomic E-state index is 12.8. The molecule has 1 atom stereocenters. The van der Waals surface area contributed by atoms with E-state index >= 15 is 0 Å². The van der Waals surface area contributed by atoms with Crippen molar-refractivity contribution in [2.24, 2.45) is 0 Å². The largest absolute Gasteiger partial charge is 0.392 e. The van der Waals surface area contributed by atoms with E-state index < -0.39 is 0 Å². The lowest BCUT2D eigenvalue weighted by Crippen LogP contribution is -2.50. The van der Waals surface area contributed by atoms with Gasteiger partial charge in [0.05, 0.1) is 17.1 Å². The zero-order valence-corrected chi connectivity index (χ0v) is 14.8. The van der Waals surface area contributed by atoms with Gasteiger partial charge in [0.15, 0.2) is 0 Å². The van der Waals surface area contributed by atoms with E-state index in [9.17, 15) is 9.90 Å². The number of hydrogen-bond donors (Lipinski definition) is 1. The monoisotopic (exact) mass is 342 g/mol. The van der Waals surface area contributed by atoms with Gasteiger partial charge in [0.25, 0.3) is 0 Å². The molecule has 134 valence electrons. The van der Waals surface area contributed by atoms with Crippen LogP contribution >= 0.6 is 0 Å². The third-order valence-electron chi connectivity index (χ3n) is 5.17. The molecule has 1 saturated carbocycles. The number of nitrogens with zero attached hydrogens (tertiary/aromatic N) is 4. The number of β-amino-alcohol motifs (C(OH)–C–C–N with tert-alkyl or cyclic N) is 1. The van der Waals surface area contributed by atoms with Crippen LogP contribution in [0, 0.1) is 0 Å². The normalized spacial score (nSPS) is 20.2. The molecule has 1 aliphatic carbocycles. The van der Waals surface area contributed by atoms with Crippen molar-refractivity contribution in [1.82, 2.24) is 19.4 Å². The van der Waals surface area contributed by atoms with Crippen LogP contribution in [-0.4, -0.2) is 69.2 Å². The summed E-state index contributed by atoms with van der Waals surface area (Å²) in [5, 5.41) is 9.51. The van der Waals surface area contributed by atoms with Gasteiger partial charge in [-0.3, -0.25) is 9.69 Å². The molecule has 0 unspecified atom stereocenters. The lowest BCUT2D eigenvalue weighted by atomic mass is 10.2. The molecule has 25 heavy (non-hydrogen) atoms. The van der Waals surface area contributed by atoms with E-state index in [1.807, 2.05) is 23.1 Å². The minimum Gasteiger partial charge on any atom is -0.392 e. The Bertz CT molecular complexity index is 758. The molecular formula is C19H26N4O2. The molecule has 1 amide bonds. The predicted molar refractivity (Wildman–Crippen MR) is 96.4 cm³/mol. The number of amides is 1. The summed E-state index contributed by atoms with van der Waals surface area (Å²) in [4.78, 5) is 21.8. The summed E-state index contributed by atoms with van der Waals surface area (Å²) in [7, 11) is 0. The molecule has 2 fully saturated rings. The van der Waals surface area contributed by atoms with Crippen LogP contribution in [0.15, 0.2) is 24.3 Å². The van der Waals surface area contributed by atoms with Gasteiger partial charge in [-0.2, -0.15) is 0 Å². The maximum Gasteiger partial charge on any atom is 0.242 e. The first-order valence-electron chi connectivity index (χ1n) is 9.25. The Labute approximate surface area is 148 Å². The molecule has 1 N–H and O–H groups in total. The number of benzene rings is 1. The summed E-state index contributed by atoms with van der Waals surface area (Å²) < 4.78 is 2.12. The number of imidazole rings is 1. The van der Waals surface area contributed by atoms with Gasteiger partial charge >= 0.3 is 0 Å². The van der Waals surface area contributed by atoms with Crippen molar-refractivity contribution in [2.75, 3.05) is 32.7 Å². The number of rotatable bonds is 5. The van der Waals surface area contributed by atoms with Crippen LogP contribution in [0.3, 0.4) is 0 Å². The SMILES string of the molecule is C[C@H](O)CN1CCN(C(=O)Cn2c(C3CC3)nc3ccccc32)CC1. The van der Waals surface area contributed by atoms with E-state index in [2.05, 4.69) is 15.5 Å². The van der Waals surface area contributed by atoms with Crippen LogP contribution in [0.25, 0.3) is 11.0 Å². The van der Waals surface area contributed by atoms with Crippen molar-refractivity contribution >= 4 is 16.9 Å². The van der Waals surface area contributed by atoms with Crippen molar-refractivity contribution in [2.45, 2.75) is 38.3 Å². The summed E-state index contributed by atoms with van der Waals surface area (Å²) in [6.07, 6.45) is 2.03. The van der Waals surface area contributed by atoms with Gasteiger partial charge in [-0.05, 0) is 31.9 Å². The first-order valence-corrected chi connectivity index (χ1v) is 9.25. The Morgan fingerprint density at radius 3 is 2.64 bits per heavy atom. The molecule has 2 heterocycles. The predicted octanol–water partition coefficient (Wildman–Crippen LogP) is 1.44. The van der Waals surface area contributed by atoms with Crippen molar-refractivity contribution in [1.29, 1.82) is 0 Å². The molecule has 0 bridgehead atoms. The maximum absolute atomic E-state index is 12.8. The number of aromatic nitrogens is 2. The standard InChI is InChI=1S/C19H26N4O2/c1-14(24)12-21-8-10-22(11-9-21)18(25)13-23-17-5-3-2-4-16(17)20-19(23)15-6-7-15/h2-5,14-15,24H,6-13H2,1H3/t14-/m0/s1. The highest BCUT2D eigenvalue weighted by molar-refractivity contribution is 5.81. The minimum absolute atomic E-state index is 0.168. The molecule has 0 spiro atoms. The number of carbonyl (C=O) groups excluding carboxylic acids is 1. The average Bonchev–Trinajstić information content (AvgIpc) is 3.38. The number of aliphatic hydroxyl groups excluding tert-OH is 1. The summed E-state index contributed by atoms with van der Waals surface area (Å²) in [5.41, 5.74) is 2.05. The van der Waals surface area contributed by atoms with Gasteiger partial charge in [-0.15, -0.1) is 0 Å². The Hall–Kier alpha value is -1.92. The lowest BCUT2D eigenvalue weighted by Gasteiger charge is -2.35. The molecule has 6 heteroatoms. The van der Waals surface area contributed by atoms with Crippen molar-refractivity contribution < 1.29 is 9.90 Å². The fourth-order valence-electron chi connectivity index (χ4n) is 3.70. The van der Waals surface area contributed by atoms with Crippen LogP contribution < -0.4 is 0 Å². The topological polar surface area (TPSA) is 61.6 Å². The zero-order chi connectivity index (χ0) is 17.4. The summed E-state index contributed by atoms with van der Waals surface area (Å²) in [5.74, 6) is 1.76. The molecule has 1 saturated heterocycles. The van der Waals surface area contributed by atoms with E-state index in [4.69, 9.17) is 4.98 Å². The molecule has 0 radical (unpaired) electrons. The minimum atomic E-state index is -0.319. The highest BCUT2D eigenvalue weighted by Crippen LogP contribution is 2.40. The number of aliphatic hydroxyl groups is 1. The zero-order valence-electron chi connectivity index (χ0n) is 14.8. The van der Waals surface area contributed by atoms with Gasteiger partial charge < -0.3 is 14.6 Å². The first-order chi connectivity index (χ1) is 12.1. The second kappa shape index (κ2) is 6.77. The summed E-state index contributed by atoms with van der Waals surface area (Å²) >= 11 is 0. The van der Waals surface area contributed by atoms with Crippen molar-refractivity contribution in [3.8, 4) is 0 Å². The molecule has 4 rings (SSSR count). The van der Waals surface area contributed by atoms with Gasteiger partial charge in [-0.1, -0.05) is 12.1 Å². The van der Waals surface area contributed by atoms with Crippen molar-refractivity contribution in [3.05, 3.63) is 30.1 Å². The van der Waals surface area contributed by atoms with Gasteiger partial charge in [-0.25, -0.2) is 4.98 Å². The van der Waals surface area contributed by atoms with Crippen LogP contribution in [0.1, 0.15) is 31.5 Å². The van der Waals surface area contributed by atoms with Crippen LogP contribution in [0.2, 0.25) is 0 Å². The number of piperazine rings is 1. The third-order valence-corrected chi connectivity index (χ3v) is 5.17. The van der Waals surface area contributed by atoms with Gasteiger partial charge in [0.1, 0.15) is 12.4 Å². The highest BCUT2D eigenvalue weighted by Gasteiger charge is 2.31. The third kappa shape index (κ3) is 3.55. The molecule has 6 nitrogen and oxygen atoms in total. The quantitative estimate of drug-likeness (QED) is 0.893. The Morgan fingerprint density at radius 1 is 1.24 bits per heavy atom. The fraction of sp³-hybridized carbons (Fsp3) is 0.579. The number of hydrogen-bond acceptors (Lipinski definition) is 4. The number of para-hydroxylation sites is 2. The smallest absolute Gasteiger partial charge is 0.242 e. The van der Waals surface area contributed by atoms with Gasteiger partial charge in [0, 0.05) is 38.6 Å². The second-order valence-corrected chi connectivity index (χ2v) is 7.35. The molecular weight excluding hydrogens is 316 g/mol. The van der Waals surface area contributed by atoms with E-state index in [1.165, 1.54) is 12.8 Å². The van der Waals surface area contributed by atoms with E-state index in [-0.39, 0.29) is 12.0 Å². The lowest BCUT2D eigenvalue weighted by molar-refractivity contribution is -0.133. The fourth-order valence-corrected chi connectivity index (χ4v) is 3.70. The Balaban J connectivity index is 1.46. The Morgan fingerprint density at radius 2 is 1.96 bits per heavy atom. The second-order valence-electron chi connectivity index (χ2n) is 7.35. The van der Waals surface area contributed by atoms with E-state index in [1.54, 1.807) is 6.92 Å². The molecule has 2 aromatic rings. The van der Waals surface area contributed by atoms with E-state index in [0.717, 1.165) is 43.0 Å². The summed E-state index contributed by atoms with van der Waals surface area (Å²) in [6, 6.07) is 8.09. The number of fused-ring (bicyclic) bond motifs is 1. The average molecular weight is 342 g/mol. The van der Waals surface area contributed by atoms with Crippen molar-refractivity contribution in [3.63, 3.8) is 0 Å². The molecule has 1 aliphatic heterocycles. The molecule has 1 aromatic carbocycles. The van der Waals surface area contributed by atoms with Crippen LogP contribution in [0.5, 0.6) is 0 Å². The Kier molecular flexibility index (Phi) is 4.48. The summed E-state index contributed by atoms with van der Waals surface area (Å²) in [6.45, 7) is 5.99. The first kappa shape index (κ1) is 16.5.